The van der Waals surface area contributed by atoms with Crippen molar-refractivity contribution < 1.29 is 23.1 Å². The highest BCUT2D eigenvalue weighted by molar-refractivity contribution is 5.75. The van der Waals surface area contributed by atoms with Crippen molar-refractivity contribution in [2.24, 2.45) is 0 Å². The molecule has 21 heavy (non-hydrogen) atoms. The van der Waals surface area contributed by atoms with Gasteiger partial charge in [-0.2, -0.15) is 0 Å². The van der Waals surface area contributed by atoms with Crippen LogP contribution in [0.2, 0.25) is 0 Å². The molecule has 5 nitrogen and oxygen atoms in total. The van der Waals surface area contributed by atoms with Crippen molar-refractivity contribution in [3.05, 3.63) is 29.8 Å². The Hall–Kier alpha value is -1.83. The third-order valence-electron chi connectivity index (χ3n) is 3.41. The molecule has 1 aromatic rings. The third kappa shape index (κ3) is 3.63. The molecule has 1 saturated heterocycles. The molecule has 0 aromatic carbocycles. The van der Waals surface area contributed by atoms with E-state index in [1.54, 1.807) is 6.92 Å². The van der Waals surface area contributed by atoms with Crippen LogP contribution < -0.4 is 5.32 Å². The molecule has 1 aliphatic rings. The van der Waals surface area contributed by atoms with E-state index in [1.165, 1.54) is 12.3 Å². The maximum Gasteiger partial charge on any atom is 0.318 e. The number of hydrogen-bond donors (Lipinski definition) is 2. The lowest BCUT2D eigenvalue weighted by molar-refractivity contribution is 0.0141. The second-order valence-corrected chi connectivity index (χ2v) is 5.13. The molecule has 8 heteroatoms. The Bertz CT molecular complexity index is 527. The van der Waals surface area contributed by atoms with Gasteiger partial charge in [0.2, 0.25) is 0 Å². The number of aliphatic hydroxyl groups excluding tert-OH is 1. The number of aliphatic hydroxyl groups is 1. The standard InChI is InChI=1S/C13H16F3N3O2/c1-8(9-2-10(14)5-17-4-9)18-12(21)19-7-13(15,16)3-11(19)6-20/h2,4-5,8,11,20H,3,6-7H2,1H3,(H,18,21)/t8-,11?/m0/s1. The fourth-order valence-electron chi connectivity index (χ4n) is 2.32. The van der Waals surface area contributed by atoms with E-state index in [1.807, 2.05) is 0 Å². The van der Waals surface area contributed by atoms with Gasteiger partial charge in [0.1, 0.15) is 5.82 Å². The molecule has 0 bridgehead atoms. The molecule has 2 N–H and O–H groups in total. The molecule has 2 rings (SSSR count). The van der Waals surface area contributed by atoms with Crippen LogP contribution in [0, 0.1) is 5.82 Å². The van der Waals surface area contributed by atoms with Gasteiger partial charge in [-0.05, 0) is 18.6 Å². The van der Waals surface area contributed by atoms with Crippen LogP contribution >= 0.6 is 0 Å². The Kier molecular flexibility index (Phi) is 4.36. The first-order valence-corrected chi connectivity index (χ1v) is 6.48. The van der Waals surface area contributed by atoms with Crippen molar-refractivity contribution >= 4 is 6.03 Å². The number of rotatable bonds is 3. The van der Waals surface area contributed by atoms with E-state index in [9.17, 15) is 18.0 Å². The van der Waals surface area contributed by atoms with Gasteiger partial charge in [-0.3, -0.25) is 4.98 Å². The average Bonchev–Trinajstić information content (AvgIpc) is 2.74. The number of urea groups is 1. The topological polar surface area (TPSA) is 65.5 Å². The van der Waals surface area contributed by atoms with Gasteiger partial charge in [0.05, 0.1) is 31.4 Å². The Labute approximate surface area is 119 Å². The molecule has 1 aliphatic heterocycles. The van der Waals surface area contributed by atoms with Crippen LogP contribution in [0.25, 0.3) is 0 Å². The van der Waals surface area contributed by atoms with Crippen molar-refractivity contribution in [1.82, 2.24) is 15.2 Å². The van der Waals surface area contributed by atoms with Crippen LogP contribution in [0.4, 0.5) is 18.0 Å². The Morgan fingerprint density at radius 1 is 1.62 bits per heavy atom. The zero-order valence-corrected chi connectivity index (χ0v) is 11.4. The average molecular weight is 303 g/mol. The van der Waals surface area contributed by atoms with Gasteiger partial charge in [-0.1, -0.05) is 0 Å². The summed E-state index contributed by atoms with van der Waals surface area (Å²) >= 11 is 0. The summed E-state index contributed by atoms with van der Waals surface area (Å²) in [5, 5.41) is 11.6. The number of likely N-dealkylation sites (tertiary alicyclic amines) is 1. The Morgan fingerprint density at radius 2 is 2.33 bits per heavy atom. The zero-order valence-electron chi connectivity index (χ0n) is 11.4. The summed E-state index contributed by atoms with van der Waals surface area (Å²) in [6.45, 7) is 0.327. The van der Waals surface area contributed by atoms with Gasteiger partial charge in [-0.25, -0.2) is 18.0 Å². The maximum absolute atomic E-state index is 13.3. The number of carbonyl (C=O) groups is 1. The van der Waals surface area contributed by atoms with Crippen LogP contribution in [0.15, 0.2) is 18.5 Å². The number of carbonyl (C=O) groups excluding carboxylic acids is 1. The maximum atomic E-state index is 13.3. The van der Waals surface area contributed by atoms with Gasteiger partial charge in [0.15, 0.2) is 0 Å². The van der Waals surface area contributed by atoms with E-state index >= 15 is 0 Å². The molecule has 1 unspecified atom stereocenters. The molecule has 2 atom stereocenters. The molecule has 0 radical (unpaired) electrons. The number of nitrogens with zero attached hydrogens (tertiary/aromatic N) is 2. The highest BCUT2D eigenvalue weighted by Crippen LogP contribution is 2.32. The van der Waals surface area contributed by atoms with Crippen molar-refractivity contribution in [2.75, 3.05) is 13.2 Å². The minimum absolute atomic E-state index is 0.426. The summed E-state index contributed by atoms with van der Waals surface area (Å²) in [5.74, 6) is -3.55. The normalized spacial score (nSPS) is 22.1. The number of alkyl halides is 2. The van der Waals surface area contributed by atoms with Crippen LogP contribution in [0.3, 0.4) is 0 Å². The van der Waals surface area contributed by atoms with Crippen LogP contribution in [-0.2, 0) is 0 Å². The third-order valence-corrected chi connectivity index (χ3v) is 3.41. The largest absolute Gasteiger partial charge is 0.394 e. The lowest BCUT2D eigenvalue weighted by Crippen LogP contribution is -2.45. The number of halogens is 3. The van der Waals surface area contributed by atoms with E-state index < -0.39 is 49.4 Å². The summed E-state index contributed by atoms with van der Waals surface area (Å²) in [6, 6.07) is -1.02. The van der Waals surface area contributed by atoms with Crippen molar-refractivity contribution in [1.29, 1.82) is 0 Å². The number of amides is 2. The summed E-state index contributed by atoms with van der Waals surface area (Å²) in [5.41, 5.74) is 0.426. The molecule has 116 valence electrons. The number of pyridine rings is 1. The van der Waals surface area contributed by atoms with Crippen LogP contribution in [-0.4, -0.2) is 46.1 Å². The highest BCUT2D eigenvalue weighted by Gasteiger charge is 2.46. The molecule has 1 aromatic heterocycles. The number of hydrogen-bond acceptors (Lipinski definition) is 3. The lowest BCUT2D eigenvalue weighted by atomic mass is 10.1. The van der Waals surface area contributed by atoms with Gasteiger partial charge < -0.3 is 15.3 Å². The fraction of sp³-hybridized carbons (Fsp3) is 0.538. The predicted molar refractivity (Wildman–Crippen MR) is 68.3 cm³/mol. The van der Waals surface area contributed by atoms with Crippen molar-refractivity contribution in [3.63, 3.8) is 0 Å². The van der Waals surface area contributed by atoms with Gasteiger partial charge >= 0.3 is 6.03 Å². The van der Waals surface area contributed by atoms with Crippen molar-refractivity contribution in [3.8, 4) is 0 Å². The zero-order chi connectivity index (χ0) is 15.6. The highest BCUT2D eigenvalue weighted by atomic mass is 19.3. The molecule has 1 fully saturated rings. The summed E-state index contributed by atoms with van der Waals surface area (Å²) in [6.07, 6.45) is 1.85. The molecule has 2 heterocycles. The minimum atomic E-state index is -3.01. The minimum Gasteiger partial charge on any atom is -0.394 e. The number of aromatic nitrogens is 1. The SMILES string of the molecule is C[C@H](NC(=O)N1CC(F)(F)CC1CO)c1cncc(F)c1. The van der Waals surface area contributed by atoms with E-state index in [0.29, 0.717) is 5.56 Å². The van der Waals surface area contributed by atoms with Gasteiger partial charge in [0, 0.05) is 12.6 Å². The molecule has 0 spiro atoms. The fourth-order valence-corrected chi connectivity index (χ4v) is 2.32. The second kappa shape index (κ2) is 5.88. The Morgan fingerprint density at radius 3 is 2.95 bits per heavy atom. The van der Waals surface area contributed by atoms with E-state index in [0.717, 1.165) is 11.1 Å². The van der Waals surface area contributed by atoms with Crippen LogP contribution in [0.1, 0.15) is 24.9 Å². The molecular formula is C13H16F3N3O2. The quantitative estimate of drug-likeness (QED) is 0.893. The summed E-state index contributed by atoms with van der Waals surface area (Å²) < 4.78 is 39.7. The first kappa shape index (κ1) is 15.6. The van der Waals surface area contributed by atoms with Crippen molar-refractivity contribution in [2.45, 2.75) is 31.4 Å². The Balaban J connectivity index is 2.04. The van der Waals surface area contributed by atoms with E-state index in [-0.39, 0.29) is 0 Å². The molecular weight excluding hydrogens is 287 g/mol. The summed E-state index contributed by atoms with van der Waals surface area (Å²) in [7, 11) is 0. The molecule has 0 aliphatic carbocycles. The number of nitrogens with one attached hydrogen (secondary N) is 1. The van der Waals surface area contributed by atoms with Gasteiger partial charge in [-0.15, -0.1) is 0 Å². The van der Waals surface area contributed by atoms with Crippen LogP contribution in [0.5, 0.6) is 0 Å². The first-order chi connectivity index (χ1) is 9.82. The smallest absolute Gasteiger partial charge is 0.318 e. The second-order valence-electron chi connectivity index (χ2n) is 5.13. The lowest BCUT2D eigenvalue weighted by Gasteiger charge is -2.25. The van der Waals surface area contributed by atoms with Gasteiger partial charge in [0.25, 0.3) is 5.92 Å². The molecule has 2 amide bonds. The first-order valence-electron chi connectivity index (χ1n) is 6.48. The molecule has 0 saturated carbocycles. The van der Waals surface area contributed by atoms with E-state index in [2.05, 4.69) is 10.3 Å². The van der Waals surface area contributed by atoms with E-state index in [4.69, 9.17) is 5.11 Å². The summed E-state index contributed by atoms with van der Waals surface area (Å²) in [4.78, 5) is 16.6. The monoisotopic (exact) mass is 303 g/mol. The predicted octanol–water partition coefficient (Wildman–Crippen LogP) is 1.69.